The highest BCUT2D eigenvalue weighted by molar-refractivity contribution is 6.04. The number of hydrogen-bond acceptors (Lipinski definition) is 5. The third-order valence-electron chi connectivity index (χ3n) is 5.04. The number of nitrogens with one attached hydrogen (secondary N) is 2. The van der Waals surface area contributed by atoms with Crippen molar-refractivity contribution in [1.82, 2.24) is 10.6 Å². The van der Waals surface area contributed by atoms with Crippen molar-refractivity contribution in [2.24, 2.45) is 0 Å². The van der Waals surface area contributed by atoms with E-state index in [1.807, 2.05) is 0 Å². The van der Waals surface area contributed by atoms with Gasteiger partial charge in [-0.1, -0.05) is 0 Å². The molecule has 0 radical (unpaired) electrons. The van der Waals surface area contributed by atoms with Crippen LogP contribution in [0.2, 0.25) is 0 Å². The first kappa shape index (κ1) is 16.8. The van der Waals surface area contributed by atoms with E-state index >= 15 is 0 Å². The Morgan fingerprint density at radius 2 is 1.96 bits per heavy atom. The number of amides is 3. The monoisotopic (exact) mass is 356 g/mol. The lowest BCUT2D eigenvalue weighted by molar-refractivity contribution is -0.134. The van der Waals surface area contributed by atoms with Crippen LogP contribution in [-0.2, 0) is 14.3 Å². The van der Waals surface area contributed by atoms with Crippen LogP contribution in [0.3, 0.4) is 0 Å². The summed E-state index contributed by atoms with van der Waals surface area (Å²) in [6.07, 6.45) is 3.90. The van der Waals surface area contributed by atoms with Crippen molar-refractivity contribution < 1.29 is 23.5 Å². The third-order valence-corrected chi connectivity index (χ3v) is 5.04. The minimum Gasteiger partial charge on any atom is -0.464 e. The standard InChI is InChI=1S/C19H20N2O5/c22-17-4-2-13(19(24)21-17)15-10-26-16-3-1-11(9-14(15)16)18(23)20-12-5-7-25-8-6-12/h1,3,9-10,12-13H,2,4-8H2,(H,20,23)(H,21,22,24). The van der Waals surface area contributed by atoms with E-state index in [1.54, 1.807) is 24.5 Å². The summed E-state index contributed by atoms with van der Waals surface area (Å²) >= 11 is 0. The van der Waals surface area contributed by atoms with E-state index in [9.17, 15) is 14.4 Å². The first-order valence-electron chi connectivity index (χ1n) is 8.85. The van der Waals surface area contributed by atoms with Crippen molar-refractivity contribution in [3.63, 3.8) is 0 Å². The predicted octanol–water partition coefficient (Wildman–Crippen LogP) is 1.86. The first-order valence-corrected chi connectivity index (χ1v) is 8.85. The normalized spacial score (nSPS) is 21.6. The molecule has 2 fully saturated rings. The van der Waals surface area contributed by atoms with Gasteiger partial charge in [0.15, 0.2) is 0 Å². The molecule has 2 aliphatic heterocycles. The quantitative estimate of drug-likeness (QED) is 0.818. The number of piperidine rings is 1. The molecule has 1 unspecified atom stereocenters. The molecule has 7 heteroatoms. The van der Waals surface area contributed by atoms with Crippen LogP contribution in [0.15, 0.2) is 28.9 Å². The van der Waals surface area contributed by atoms with Crippen molar-refractivity contribution in [2.75, 3.05) is 13.2 Å². The summed E-state index contributed by atoms with van der Waals surface area (Å²) in [6.45, 7) is 1.32. The molecule has 2 saturated heterocycles. The highest BCUT2D eigenvalue weighted by Crippen LogP contribution is 2.33. The van der Waals surface area contributed by atoms with Crippen molar-refractivity contribution in [3.8, 4) is 0 Å². The molecule has 0 spiro atoms. The molecule has 0 bridgehead atoms. The summed E-state index contributed by atoms with van der Waals surface area (Å²) in [4.78, 5) is 36.1. The molecule has 1 aromatic heterocycles. The fraction of sp³-hybridized carbons (Fsp3) is 0.421. The van der Waals surface area contributed by atoms with Gasteiger partial charge in [-0.05, 0) is 37.5 Å². The molecular formula is C19H20N2O5. The fourth-order valence-electron chi connectivity index (χ4n) is 3.56. The molecule has 2 aromatic rings. The zero-order valence-electron chi connectivity index (χ0n) is 14.2. The number of rotatable bonds is 3. The second-order valence-corrected chi connectivity index (χ2v) is 6.77. The van der Waals surface area contributed by atoms with Crippen LogP contribution in [0.5, 0.6) is 0 Å². The molecule has 7 nitrogen and oxygen atoms in total. The molecule has 1 atom stereocenters. The lowest BCUT2D eigenvalue weighted by Gasteiger charge is -2.23. The predicted molar refractivity (Wildman–Crippen MR) is 92.6 cm³/mol. The van der Waals surface area contributed by atoms with Crippen LogP contribution in [0.4, 0.5) is 0 Å². The molecule has 4 rings (SSSR count). The number of ether oxygens (including phenoxy) is 1. The van der Waals surface area contributed by atoms with Gasteiger partial charge in [0.2, 0.25) is 11.8 Å². The van der Waals surface area contributed by atoms with E-state index in [4.69, 9.17) is 9.15 Å². The van der Waals surface area contributed by atoms with Crippen LogP contribution in [0.25, 0.3) is 11.0 Å². The Kier molecular flexibility index (Phi) is 4.46. The summed E-state index contributed by atoms with van der Waals surface area (Å²) in [5.41, 5.74) is 1.86. The maximum atomic E-state index is 12.6. The van der Waals surface area contributed by atoms with Crippen LogP contribution in [0, 0.1) is 0 Å². The van der Waals surface area contributed by atoms with E-state index in [0.29, 0.717) is 42.8 Å². The van der Waals surface area contributed by atoms with E-state index in [-0.39, 0.29) is 23.8 Å². The number of furan rings is 1. The average Bonchev–Trinajstić information content (AvgIpc) is 3.05. The molecule has 1 aromatic carbocycles. The van der Waals surface area contributed by atoms with Crippen molar-refractivity contribution in [2.45, 2.75) is 37.6 Å². The summed E-state index contributed by atoms with van der Waals surface area (Å²) < 4.78 is 10.9. The minimum absolute atomic E-state index is 0.117. The first-order chi connectivity index (χ1) is 12.6. The molecule has 2 N–H and O–H groups in total. The molecule has 3 amide bonds. The molecule has 2 aliphatic rings. The maximum absolute atomic E-state index is 12.6. The Hall–Kier alpha value is -2.67. The number of hydrogen-bond donors (Lipinski definition) is 2. The van der Waals surface area contributed by atoms with Gasteiger partial charge in [0.05, 0.1) is 12.2 Å². The second kappa shape index (κ2) is 6.92. The number of imide groups is 1. The molecular weight excluding hydrogens is 336 g/mol. The highest BCUT2D eigenvalue weighted by Gasteiger charge is 2.30. The van der Waals surface area contributed by atoms with Gasteiger partial charge in [-0.3, -0.25) is 19.7 Å². The van der Waals surface area contributed by atoms with E-state index in [2.05, 4.69) is 10.6 Å². The fourth-order valence-corrected chi connectivity index (χ4v) is 3.56. The molecule has 0 saturated carbocycles. The number of carbonyl (C=O) groups is 3. The summed E-state index contributed by atoms with van der Waals surface area (Å²) in [5.74, 6) is -1.16. The van der Waals surface area contributed by atoms with Crippen molar-refractivity contribution in [1.29, 1.82) is 0 Å². The Bertz CT molecular complexity index is 866. The zero-order valence-corrected chi connectivity index (χ0v) is 14.2. The molecule has 136 valence electrons. The van der Waals surface area contributed by atoms with Gasteiger partial charge in [-0.15, -0.1) is 0 Å². The van der Waals surface area contributed by atoms with Gasteiger partial charge in [0.25, 0.3) is 5.91 Å². The Labute approximate surface area is 150 Å². The van der Waals surface area contributed by atoms with Crippen LogP contribution in [-0.4, -0.2) is 37.0 Å². The van der Waals surface area contributed by atoms with Crippen LogP contribution < -0.4 is 10.6 Å². The molecule has 26 heavy (non-hydrogen) atoms. The smallest absolute Gasteiger partial charge is 0.251 e. The Morgan fingerprint density at radius 1 is 1.15 bits per heavy atom. The number of fused-ring (bicyclic) bond motifs is 1. The SMILES string of the molecule is O=C1CCC(c2coc3ccc(C(=O)NC4CCOCC4)cc23)C(=O)N1. The molecule has 0 aliphatic carbocycles. The van der Waals surface area contributed by atoms with Crippen LogP contribution >= 0.6 is 0 Å². The summed E-state index contributed by atoms with van der Waals surface area (Å²) in [5, 5.41) is 6.13. The average molecular weight is 356 g/mol. The van der Waals surface area contributed by atoms with Gasteiger partial charge >= 0.3 is 0 Å². The summed E-state index contributed by atoms with van der Waals surface area (Å²) in [7, 11) is 0. The largest absolute Gasteiger partial charge is 0.464 e. The highest BCUT2D eigenvalue weighted by atomic mass is 16.5. The van der Waals surface area contributed by atoms with E-state index < -0.39 is 5.92 Å². The minimum atomic E-state index is -0.442. The van der Waals surface area contributed by atoms with Crippen molar-refractivity contribution in [3.05, 3.63) is 35.6 Å². The van der Waals surface area contributed by atoms with E-state index in [0.717, 1.165) is 18.2 Å². The summed E-state index contributed by atoms with van der Waals surface area (Å²) in [6, 6.07) is 5.33. The van der Waals surface area contributed by atoms with Gasteiger partial charge < -0.3 is 14.5 Å². The Balaban J connectivity index is 1.59. The van der Waals surface area contributed by atoms with Gasteiger partial charge in [0.1, 0.15) is 5.58 Å². The maximum Gasteiger partial charge on any atom is 0.251 e. The Morgan fingerprint density at radius 3 is 2.73 bits per heavy atom. The zero-order chi connectivity index (χ0) is 18.1. The van der Waals surface area contributed by atoms with Gasteiger partial charge in [-0.25, -0.2) is 0 Å². The third kappa shape index (κ3) is 3.22. The van der Waals surface area contributed by atoms with E-state index in [1.165, 1.54) is 0 Å². The topological polar surface area (TPSA) is 97.6 Å². The lowest BCUT2D eigenvalue weighted by atomic mass is 9.90. The number of benzene rings is 1. The lowest BCUT2D eigenvalue weighted by Crippen LogP contribution is -2.39. The van der Waals surface area contributed by atoms with Gasteiger partial charge in [-0.2, -0.15) is 0 Å². The van der Waals surface area contributed by atoms with Crippen LogP contribution in [0.1, 0.15) is 47.5 Å². The van der Waals surface area contributed by atoms with Gasteiger partial charge in [0, 0.05) is 42.2 Å². The molecule has 3 heterocycles. The van der Waals surface area contributed by atoms with Crippen molar-refractivity contribution >= 4 is 28.7 Å². The second-order valence-electron chi connectivity index (χ2n) is 6.77. The number of carbonyl (C=O) groups excluding carboxylic acids is 3.